The lowest BCUT2D eigenvalue weighted by Crippen LogP contribution is -2.32. The topological polar surface area (TPSA) is 63.1 Å². The monoisotopic (exact) mass is 427 g/mol. The molecule has 4 rings (SSSR count). The molecule has 6 nitrogen and oxygen atoms in total. The summed E-state index contributed by atoms with van der Waals surface area (Å²) in [5.74, 6) is 0.444. The fourth-order valence-corrected chi connectivity index (χ4v) is 4.33. The number of nitrogens with zero attached hydrogens (tertiary/aromatic N) is 4. The first-order valence-electron chi connectivity index (χ1n) is 9.49. The van der Waals surface area contributed by atoms with Crippen LogP contribution in [0.1, 0.15) is 12.0 Å². The maximum absolute atomic E-state index is 12.7. The van der Waals surface area contributed by atoms with Gasteiger partial charge >= 0.3 is 0 Å². The molecule has 150 valence electrons. The van der Waals surface area contributed by atoms with Crippen molar-refractivity contribution < 1.29 is 4.79 Å². The molecule has 1 fully saturated rings. The molecule has 1 aromatic heterocycles. The van der Waals surface area contributed by atoms with Crippen LogP contribution < -0.4 is 5.32 Å². The number of likely N-dealkylation sites (tertiary alicyclic amines) is 1. The standard InChI is InChI=1S/C21H22ClN5OS/c1-15-7-8-18(11-19(15)22)27-14-23-25-21(27)29-13-20(28)26-10-9-17(12-26)24-16-5-3-2-4-6-16/h2-8,11,14,17,24H,9-10,12-13H2,1H3. The fraction of sp³-hybridized carbons (Fsp3) is 0.286. The average molecular weight is 428 g/mol. The van der Waals surface area contributed by atoms with E-state index < -0.39 is 0 Å². The van der Waals surface area contributed by atoms with E-state index in [4.69, 9.17) is 11.6 Å². The highest BCUT2D eigenvalue weighted by atomic mass is 35.5. The number of thioether (sulfide) groups is 1. The summed E-state index contributed by atoms with van der Waals surface area (Å²) in [5, 5.41) is 13.0. The summed E-state index contributed by atoms with van der Waals surface area (Å²) in [6, 6.07) is 16.2. The molecule has 1 aliphatic heterocycles. The molecule has 1 atom stereocenters. The van der Waals surface area contributed by atoms with Gasteiger partial charge in [0.1, 0.15) is 6.33 Å². The zero-order valence-electron chi connectivity index (χ0n) is 16.1. The number of anilines is 1. The Hall–Kier alpha value is -2.51. The van der Waals surface area contributed by atoms with Crippen LogP contribution >= 0.6 is 23.4 Å². The number of amides is 1. The quantitative estimate of drug-likeness (QED) is 0.601. The Morgan fingerprint density at radius 1 is 1.28 bits per heavy atom. The van der Waals surface area contributed by atoms with Gasteiger partial charge in [0.25, 0.3) is 0 Å². The van der Waals surface area contributed by atoms with Gasteiger partial charge in [0.15, 0.2) is 5.16 Å². The van der Waals surface area contributed by atoms with E-state index in [9.17, 15) is 4.79 Å². The molecule has 0 aliphatic carbocycles. The van der Waals surface area contributed by atoms with Crippen molar-refractivity contribution in [2.75, 3.05) is 24.2 Å². The molecular weight excluding hydrogens is 406 g/mol. The number of benzene rings is 2. The van der Waals surface area contributed by atoms with Crippen molar-refractivity contribution in [3.05, 3.63) is 65.4 Å². The van der Waals surface area contributed by atoms with E-state index in [0.29, 0.717) is 22.5 Å². The largest absolute Gasteiger partial charge is 0.380 e. The third kappa shape index (κ3) is 4.74. The van der Waals surface area contributed by atoms with Crippen molar-refractivity contribution >= 4 is 35.0 Å². The minimum atomic E-state index is 0.115. The molecule has 0 spiro atoms. The summed E-state index contributed by atoms with van der Waals surface area (Å²) in [6.45, 7) is 3.45. The Kier molecular flexibility index (Phi) is 6.06. The molecule has 2 aromatic carbocycles. The number of aryl methyl sites for hydroxylation is 1. The predicted octanol–water partition coefficient (Wildman–Crippen LogP) is 4.03. The van der Waals surface area contributed by atoms with Crippen molar-refractivity contribution in [1.29, 1.82) is 0 Å². The number of nitrogens with one attached hydrogen (secondary N) is 1. The summed E-state index contributed by atoms with van der Waals surface area (Å²) < 4.78 is 1.85. The zero-order valence-corrected chi connectivity index (χ0v) is 17.7. The lowest BCUT2D eigenvalue weighted by atomic mass is 10.2. The van der Waals surface area contributed by atoms with Crippen LogP contribution in [0.15, 0.2) is 60.0 Å². The van der Waals surface area contributed by atoms with Gasteiger partial charge in [-0.3, -0.25) is 9.36 Å². The fourth-order valence-electron chi connectivity index (χ4n) is 3.32. The summed E-state index contributed by atoms with van der Waals surface area (Å²) in [7, 11) is 0. The van der Waals surface area contributed by atoms with E-state index in [1.807, 2.05) is 64.9 Å². The number of rotatable bonds is 6. The highest BCUT2D eigenvalue weighted by Crippen LogP contribution is 2.24. The van der Waals surface area contributed by atoms with Gasteiger partial charge in [-0.2, -0.15) is 0 Å². The SMILES string of the molecule is Cc1ccc(-n2cnnc2SCC(=O)N2CCC(Nc3ccccc3)C2)cc1Cl. The number of carbonyl (C=O) groups excluding carboxylic acids is 1. The van der Waals surface area contributed by atoms with E-state index in [1.54, 1.807) is 6.33 Å². The van der Waals surface area contributed by atoms with Gasteiger partial charge in [-0.15, -0.1) is 10.2 Å². The van der Waals surface area contributed by atoms with Crippen LogP contribution in [0, 0.1) is 6.92 Å². The van der Waals surface area contributed by atoms with Crippen molar-refractivity contribution in [3.8, 4) is 5.69 Å². The average Bonchev–Trinajstić information content (AvgIpc) is 3.39. The minimum absolute atomic E-state index is 0.115. The molecule has 3 aromatic rings. The van der Waals surface area contributed by atoms with Crippen LogP contribution in [0.25, 0.3) is 5.69 Å². The van der Waals surface area contributed by atoms with Crippen LogP contribution in [0.2, 0.25) is 5.02 Å². The van der Waals surface area contributed by atoms with Crippen LogP contribution in [0.5, 0.6) is 0 Å². The molecule has 1 N–H and O–H groups in total. The molecule has 0 radical (unpaired) electrons. The lowest BCUT2D eigenvalue weighted by molar-refractivity contribution is -0.127. The van der Waals surface area contributed by atoms with Crippen molar-refractivity contribution in [3.63, 3.8) is 0 Å². The second-order valence-corrected chi connectivity index (χ2v) is 8.39. The molecule has 0 saturated carbocycles. The number of aromatic nitrogens is 3. The summed E-state index contributed by atoms with van der Waals surface area (Å²) in [6.07, 6.45) is 2.59. The molecule has 1 aliphatic rings. The van der Waals surface area contributed by atoms with E-state index in [1.165, 1.54) is 11.8 Å². The Morgan fingerprint density at radius 2 is 2.10 bits per heavy atom. The number of para-hydroxylation sites is 1. The summed E-state index contributed by atoms with van der Waals surface area (Å²) >= 11 is 7.63. The van der Waals surface area contributed by atoms with Gasteiger partial charge in [0.2, 0.25) is 5.91 Å². The second-order valence-electron chi connectivity index (χ2n) is 7.04. The number of hydrogen-bond acceptors (Lipinski definition) is 5. The number of carbonyl (C=O) groups is 1. The molecular formula is C21H22ClN5OS. The third-order valence-corrected chi connectivity index (χ3v) is 6.30. The van der Waals surface area contributed by atoms with Crippen LogP contribution in [-0.2, 0) is 4.79 Å². The van der Waals surface area contributed by atoms with Gasteiger partial charge in [-0.05, 0) is 43.2 Å². The highest BCUT2D eigenvalue weighted by molar-refractivity contribution is 7.99. The van der Waals surface area contributed by atoms with Gasteiger partial charge in [0.05, 0.1) is 11.4 Å². The third-order valence-electron chi connectivity index (χ3n) is 4.96. The Balaban J connectivity index is 1.34. The van der Waals surface area contributed by atoms with Gasteiger partial charge < -0.3 is 10.2 Å². The number of halogens is 1. The Morgan fingerprint density at radius 3 is 2.90 bits per heavy atom. The molecule has 1 saturated heterocycles. The smallest absolute Gasteiger partial charge is 0.233 e. The summed E-state index contributed by atoms with van der Waals surface area (Å²) in [4.78, 5) is 14.6. The molecule has 0 bridgehead atoms. The molecule has 8 heteroatoms. The van der Waals surface area contributed by atoms with Crippen LogP contribution in [-0.4, -0.2) is 50.5 Å². The van der Waals surface area contributed by atoms with Gasteiger partial charge in [-0.1, -0.05) is 47.6 Å². The van der Waals surface area contributed by atoms with E-state index >= 15 is 0 Å². The highest BCUT2D eigenvalue weighted by Gasteiger charge is 2.26. The summed E-state index contributed by atoms with van der Waals surface area (Å²) in [5.41, 5.74) is 2.99. The normalized spacial score (nSPS) is 16.2. The maximum Gasteiger partial charge on any atom is 0.233 e. The van der Waals surface area contributed by atoms with Crippen LogP contribution in [0.4, 0.5) is 5.69 Å². The Bertz CT molecular complexity index is 994. The zero-order chi connectivity index (χ0) is 20.2. The first-order chi connectivity index (χ1) is 14.1. The maximum atomic E-state index is 12.7. The molecule has 1 amide bonds. The first-order valence-corrected chi connectivity index (χ1v) is 10.9. The van der Waals surface area contributed by atoms with Crippen molar-refractivity contribution in [2.24, 2.45) is 0 Å². The van der Waals surface area contributed by atoms with Gasteiger partial charge in [-0.25, -0.2) is 0 Å². The van der Waals surface area contributed by atoms with E-state index in [2.05, 4.69) is 15.5 Å². The van der Waals surface area contributed by atoms with Crippen LogP contribution in [0.3, 0.4) is 0 Å². The lowest BCUT2D eigenvalue weighted by Gasteiger charge is -2.17. The second kappa shape index (κ2) is 8.88. The van der Waals surface area contributed by atoms with Crippen molar-refractivity contribution in [1.82, 2.24) is 19.7 Å². The van der Waals surface area contributed by atoms with E-state index in [0.717, 1.165) is 29.9 Å². The minimum Gasteiger partial charge on any atom is -0.380 e. The number of hydrogen-bond donors (Lipinski definition) is 1. The predicted molar refractivity (Wildman–Crippen MR) is 117 cm³/mol. The van der Waals surface area contributed by atoms with E-state index in [-0.39, 0.29) is 11.9 Å². The first kappa shape index (κ1) is 19.8. The van der Waals surface area contributed by atoms with Gasteiger partial charge in [0, 0.05) is 29.8 Å². The molecule has 2 heterocycles. The van der Waals surface area contributed by atoms with Crippen molar-refractivity contribution in [2.45, 2.75) is 24.5 Å². The molecule has 1 unspecified atom stereocenters. The molecule has 29 heavy (non-hydrogen) atoms. The Labute approximate surface area is 179 Å².